The smallest absolute Gasteiger partial charge is 0.191 e. The number of rotatable bonds is 12. The first-order valence-electron chi connectivity index (χ1n) is 8.46. The van der Waals surface area contributed by atoms with Crippen molar-refractivity contribution in [3.8, 4) is 0 Å². The monoisotopic (exact) mass is 313 g/mol. The molecule has 0 saturated carbocycles. The molecule has 4 nitrogen and oxygen atoms in total. The maximum atomic E-state index is 8.16. The lowest BCUT2D eigenvalue weighted by molar-refractivity contribution is 0.277. The zero-order valence-corrected chi connectivity index (χ0v) is 15.8. The summed E-state index contributed by atoms with van der Waals surface area (Å²) >= 11 is 0. The number of azide groups is 1. The molecule has 0 aliphatic heterocycles. The Bertz CT molecular complexity index is 307. The minimum absolute atomic E-state index is 0.322. The van der Waals surface area contributed by atoms with Crippen molar-refractivity contribution in [1.29, 1.82) is 0 Å². The highest BCUT2D eigenvalue weighted by Crippen LogP contribution is 2.36. The second-order valence-corrected chi connectivity index (χ2v) is 12.2. The Labute approximate surface area is 132 Å². The first-order valence-corrected chi connectivity index (χ1v) is 11.4. The van der Waals surface area contributed by atoms with Crippen molar-refractivity contribution in [1.82, 2.24) is 0 Å². The van der Waals surface area contributed by atoms with Gasteiger partial charge in [-0.2, -0.15) is 0 Å². The highest BCUT2D eigenvalue weighted by molar-refractivity contribution is 6.74. The molecule has 21 heavy (non-hydrogen) atoms. The molecule has 0 aromatic heterocycles. The van der Waals surface area contributed by atoms with Crippen molar-refractivity contribution >= 4 is 8.32 Å². The number of unbranched alkanes of at least 4 members (excludes halogenated alkanes) is 7. The Morgan fingerprint density at radius 2 is 1.38 bits per heavy atom. The van der Waals surface area contributed by atoms with Gasteiger partial charge in [0.2, 0.25) is 0 Å². The SMILES string of the molecule is CC(C)(C)[Si](C)(C)OCCCCCCCCCCN=[N+]=[N-]. The van der Waals surface area contributed by atoms with Gasteiger partial charge in [-0.05, 0) is 36.5 Å². The first-order chi connectivity index (χ1) is 9.81. The lowest BCUT2D eigenvalue weighted by atomic mass is 10.1. The molecule has 0 atom stereocenters. The summed E-state index contributed by atoms with van der Waals surface area (Å²) in [6.45, 7) is 13.1. The molecule has 0 fully saturated rings. The molecule has 0 N–H and O–H groups in total. The van der Waals surface area contributed by atoms with Crippen LogP contribution in [0, 0.1) is 0 Å². The van der Waals surface area contributed by atoms with E-state index in [0.717, 1.165) is 13.0 Å². The van der Waals surface area contributed by atoms with Crippen LogP contribution in [0.25, 0.3) is 10.4 Å². The number of hydrogen-bond donors (Lipinski definition) is 0. The van der Waals surface area contributed by atoms with E-state index in [0.29, 0.717) is 11.6 Å². The Kier molecular flexibility index (Phi) is 10.8. The maximum absolute atomic E-state index is 8.16. The molecule has 0 aromatic carbocycles. The Hall–Kier alpha value is -0.513. The average Bonchev–Trinajstić information content (AvgIpc) is 2.38. The van der Waals surface area contributed by atoms with Crippen molar-refractivity contribution in [3.63, 3.8) is 0 Å². The van der Waals surface area contributed by atoms with E-state index >= 15 is 0 Å². The summed E-state index contributed by atoms with van der Waals surface area (Å²) in [6.07, 6.45) is 9.91. The highest BCUT2D eigenvalue weighted by Gasteiger charge is 2.36. The van der Waals surface area contributed by atoms with Crippen LogP contribution in [0.5, 0.6) is 0 Å². The lowest BCUT2D eigenvalue weighted by Crippen LogP contribution is -2.40. The van der Waals surface area contributed by atoms with Crippen LogP contribution in [0.2, 0.25) is 18.1 Å². The van der Waals surface area contributed by atoms with E-state index in [2.05, 4.69) is 43.9 Å². The second kappa shape index (κ2) is 11.1. The molecule has 0 unspecified atom stereocenters. The van der Waals surface area contributed by atoms with Gasteiger partial charge in [0.25, 0.3) is 0 Å². The van der Waals surface area contributed by atoms with Crippen molar-refractivity contribution in [3.05, 3.63) is 10.4 Å². The number of nitrogens with zero attached hydrogens (tertiary/aromatic N) is 3. The van der Waals surface area contributed by atoms with E-state index in [1.54, 1.807) is 0 Å². The standard InChI is InChI=1S/C16H35N3OSi/c1-16(2,3)21(4,5)20-15-13-11-9-7-6-8-10-12-14-18-19-17/h6-15H2,1-5H3. The predicted octanol–water partition coefficient (Wildman–Crippen LogP) is 6.44. The summed E-state index contributed by atoms with van der Waals surface area (Å²) in [4.78, 5) is 2.76. The fraction of sp³-hybridized carbons (Fsp3) is 1.00. The molecule has 0 aromatic rings. The largest absolute Gasteiger partial charge is 0.417 e. The molecule has 0 amide bonds. The van der Waals surface area contributed by atoms with Crippen LogP contribution in [-0.2, 0) is 4.43 Å². The summed E-state index contributed by atoms with van der Waals surface area (Å²) in [5.74, 6) is 0. The molecule has 0 aliphatic carbocycles. The van der Waals surface area contributed by atoms with Crippen molar-refractivity contribution in [2.24, 2.45) is 5.11 Å². The van der Waals surface area contributed by atoms with Gasteiger partial charge in [0.15, 0.2) is 8.32 Å². The van der Waals surface area contributed by atoms with Crippen molar-refractivity contribution in [2.75, 3.05) is 13.2 Å². The normalized spacial score (nSPS) is 12.2. The second-order valence-electron chi connectivity index (χ2n) is 7.39. The van der Waals surface area contributed by atoms with Gasteiger partial charge in [-0.15, -0.1) is 0 Å². The van der Waals surface area contributed by atoms with Gasteiger partial charge >= 0.3 is 0 Å². The van der Waals surface area contributed by atoms with Crippen molar-refractivity contribution < 1.29 is 4.43 Å². The van der Waals surface area contributed by atoms with Gasteiger partial charge in [-0.1, -0.05) is 64.4 Å². The van der Waals surface area contributed by atoms with Gasteiger partial charge < -0.3 is 4.43 Å². The summed E-state index contributed by atoms with van der Waals surface area (Å²) in [7, 11) is -1.54. The van der Waals surface area contributed by atoms with Gasteiger partial charge in [0.05, 0.1) is 0 Å². The fourth-order valence-electron chi connectivity index (χ4n) is 1.93. The quantitative estimate of drug-likeness (QED) is 0.134. The van der Waals surface area contributed by atoms with Gasteiger partial charge in [0.1, 0.15) is 0 Å². The Morgan fingerprint density at radius 1 is 0.905 bits per heavy atom. The molecular weight excluding hydrogens is 278 g/mol. The third kappa shape index (κ3) is 10.8. The van der Waals surface area contributed by atoms with Gasteiger partial charge in [0, 0.05) is 18.1 Å². The molecule has 0 aliphatic rings. The lowest BCUT2D eigenvalue weighted by Gasteiger charge is -2.36. The summed E-state index contributed by atoms with van der Waals surface area (Å²) < 4.78 is 6.18. The zero-order chi connectivity index (χ0) is 16.2. The van der Waals surface area contributed by atoms with Crippen LogP contribution in [0.15, 0.2) is 5.11 Å². The maximum Gasteiger partial charge on any atom is 0.191 e. The van der Waals surface area contributed by atoms with Crippen LogP contribution in [0.3, 0.4) is 0 Å². The third-order valence-corrected chi connectivity index (χ3v) is 9.02. The predicted molar refractivity (Wildman–Crippen MR) is 94.1 cm³/mol. The van der Waals surface area contributed by atoms with Gasteiger partial charge in [-0.3, -0.25) is 0 Å². The molecule has 0 radical (unpaired) electrons. The van der Waals surface area contributed by atoms with Crippen LogP contribution in [0.4, 0.5) is 0 Å². The number of hydrogen-bond acceptors (Lipinski definition) is 2. The molecule has 0 bridgehead atoms. The van der Waals surface area contributed by atoms with E-state index in [1.807, 2.05) is 0 Å². The van der Waals surface area contributed by atoms with Crippen LogP contribution < -0.4 is 0 Å². The summed E-state index contributed by atoms with van der Waals surface area (Å²) in [5, 5.41) is 3.87. The zero-order valence-electron chi connectivity index (χ0n) is 14.8. The molecule has 0 rings (SSSR count). The molecule has 5 heteroatoms. The molecule has 0 spiro atoms. The topological polar surface area (TPSA) is 58.0 Å². The van der Waals surface area contributed by atoms with Crippen LogP contribution in [0.1, 0.15) is 72.1 Å². The van der Waals surface area contributed by atoms with E-state index in [1.165, 1.54) is 44.9 Å². The van der Waals surface area contributed by atoms with Crippen LogP contribution in [-0.4, -0.2) is 21.5 Å². The van der Waals surface area contributed by atoms with Gasteiger partial charge in [-0.25, -0.2) is 0 Å². The minimum atomic E-state index is -1.54. The summed E-state index contributed by atoms with van der Waals surface area (Å²) in [6, 6.07) is 0. The first kappa shape index (κ1) is 20.5. The van der Waals surface area contributed by atoms with E-state index in [9.17, 15) is 0 Å². The van der Waals surface area contributed by atoms with E-state index in [4.69, 9.17) is 9.96 Å². The molecule has 0 heterocycles. The van der Waals surface area contributed by atoms with Crippen molar-refractivity contribution in [2.45, 2.75) is 90.3 Å². The minimum Gasteiger partial charge on any atom is -0.417 e. The highest BCUT2D eigenvalue weighted by atomic mass is 28.4. The summed E-state index contributed by atoms with van der Waals surface area (Å²) in [5.41, 5.74) is 8.16. The average molecular weight is 314 g/mol. The Morgan fingerprint density at radius 3 is 1.86 bits per heavy atom. The molecule has 0 saturated heterocycles. The fourth-order valence-corrected chi connectivity index (χ4v) is 3.02. The molecule has 124 valence electrons. The van der Waals surface area contributed by atoms with E-state index < -0.39 is 8.32 Å². The molecular formula is C16H35N3OSi. The third-order valence-electron chi connectivity index (χ3n) is 4.48. The Balaban J connectivity index is 3.36. The van der Waals surface area contributed by atoms with E-state index in [-0.39, 0.29) is 0 Å². The van der Waals surface area contributed by atoms with Crippen LogP contribution >= 0.6 is 0 Å².